The molecule has 7 aromatic carbocycles. The summed E-state index contributed by atoms with van der Waals surface area (Å²) in [6.45, 7) is 4.72. The van der Waals surface area contributed by atoms with Crippen LogP contribution in [0.15, 0.2) is 150 Å². The Kier molecular flexibility index (Phi) is 5.39. The Balaban J connectivity index is 1.22. The highest BCUT2D eigenvalue weighted by molar-refractivity contribution is 7.25. The van der Waals surface area contributed by atoms with Crippen molar-refractivity contribution in [1.82, 2.24) is 9.88 Å². The fraction of sp³-hybridized carbons (Fsp3) is 0.0889. The molecule has 0 bridgehead atoms. The minimum absolute atomic E-state index is 0.156. The van der Waals surface area contributed by atoms with E-state index >= 15 is 0 Å². The smallest absolute Gasteiger partial charge is 0.208 e. The van der Waals surface area contributed by atoms with Gasteiger partial charge < -0.3 is 5.32 Å². The van der Waals surface area contributed by atoms with Crippen LogP contribution in [-0.2, 0) is 5.41 Å². The molecular formula is C45H31N3S. The number of benzene rings is 7. The van der Waals surface area contributed by atoms with Gasteiger partial charge in [0.25, 0.3) is 0 Å². The van der Waals surface area contributed by atoms with E-state index in [0.717, 1.165) is 17.0 Å². The maximum atomic E-state index is 5.75. The standard InChI is InChI=1S/C45H31N3S/c1-45(2)35-17-9-7-16-33(35)43-41(45)42(29-19-21-32-31-15-8-10-18-38(31)49-39(32)25-29)46-44(47-43)48-36-22-20-26-11-5-6-14-30(26)40(36)34-23-27-12-3-4-13-28(27)24-37(34)48/h3-25,42H,1-2H3,(H,46,47). The molecule has 1 aliphatic carbocycles. The van der Waals surface area contributed by atoms with Crippen LogP contribution < -0.4 is 5.32 Å². The van der Waals surface area contributed by atoms with Crippen LogP contribution in [0.4, 0.5) is 0 Å². The van der Waals surface area contributed by atoms with Crippen molar-refractivity contribution in [3.63, 3.8) is 0 Å². The maximum absolute atomic E-state index is 5.75. The maximum Gasteiger partial charge on any atom is 0.208 e. The fourth-order valence-electron chi connectivity index (χ4n) is 8.76. The number of hydrogen-bond donors (Lipinski definition) is 1. The highest BCUT2D eigenvalue weighted by Gasteiger charge is 2.44. The molecule has 1 unspecified atom stereocenters. The number of aromatic nitrogens is 1. The summed E-state index contributed by atoms with van der Waals surface area (Å²) >= 11 is 1.87. The fourth-order valence-corrected chi connectivity index (χ4v) is 9.92. The van der Waals surface area contributed by atoms with E-state index in [9.17, 15) is 0 Å². The summed E-state index contributed by atoms with van der Waals surface area (Å²) in [4.78, 5) is 5.75. The lowest BCUT2D eigenvalue weighted by atomic mass is 9.76. The van der Waals surface area contributed by atoms with Gasteiger partial charge in [0.2, 0.25) is 5.96 Å². The summed E-state index contributed by atoms with van der Waals surface area (Å²) in [5.41, 5.74) is 8.46. The third-order valence-corrected chi connectivity index (χ3v) is 12.2. The van der Waals surface area contributed by atoms with E-state index in [1.165, 1.54) is 80.5 Å². The molecule has 1 aliphatic heterocycles. The molecule has 3 nitrogen and oxygen atoms in total. The average Bonchev–Trinajstić information content (AvgIpc) is 3.75. The number of hydrogen-bond acceptors (Lipinski definition) is 3. The Morgan fingerprint density at radius 3 is 2.20 bits per heavy atom. The zero-order valence-corrected chi connectivity index (χ0v) is 28.0. The molecular weight excluding hydrogens is 615 g/mol. The molecule has 232 valence electrons. The topological polar surface area (TPSA) is 29.3 Å². The second kappa shape index (κ2) is 9.68. The molecule has 2 aromatic heterocycles. The molecule has 1 N–H and O–H groups in total. The lowest BCUT2D eigenvalue weighted by Crippen LogP contribution is -2.35. The third kappa shape index (κ3) is 3.70. The summed E-state index contributed by atoms with van der Waals surface area (Å²) in [6, 6.07) is 51.2. The van der Waals surface area contributed by atoms with Crippen LogP contribution >= 0.6 is 11.3 Å². The number of nitrogens with one attached hydrogen (secondary N) is 1. The minimum atomic E-state index is -0.193. The van der Waals surface area contributed by atoms with E-state index in [2.05, 4.69) is 163 Å². The van der Waals surface area contributed by atoms with Crippen LogP contribution in [0.5, 0.6) is 0 Å². The molecule has 9 aromatic rings. The molecule has 0 amide bonds. The molecule has 2 aliphatic rings. The number of thiophene rings is 1. The average molecular weight is 646 g/mol. The minimum Gasteiger partial charge on any atom is -0.325 e. The van der Waals surface area contributed by atoms with Crippen molar-refractivity contribution < 1.29 is 0 Å². The Bertz CT molecular complexity index is 2950. The molecule has 0 saturated heterocycles. The molecule has 0 fully saturated rings. The summed E-state index contributed by atoms with van der Waals surface area (Å²) in [7, 11) is 0. The van der Waals surface area contributed by atoms with Crippen molar-refractivity contribution in [3.05, 3.63) is 162 Å². The van der Waals surface area contributed by atoms with Crippen LogP contribution in [0.25, 0.3) is 69.2 Å². The number of rotatable bonds is 1. The van der Waals surface area contributed by atoms with E-state index in [0.29, 0.717) is 0 Å². The van der Waals surface area contributed by atoms with E-state index in [-0.39, 0.29) is 11.5 Å². The lowest BCUT2D eigenvalue weighted by molar-refractivity contribution is 0.575. The van der Waals surface area contributed by atoms with Gasteiger partial charge >= 0.3 is 0 Å². The first kappa shape index (κ1) is 27.3. The van der Waals surface area contributed by atoms with E-state index in [1.807, 2.05) is 11.3 Å². The van der Waals surface area contributed by atoms with Gasteiger partial charge in [-0.05, 0) is 68.6 Å². The first-order valence-electron chi connectivity index (χ1n) is 17.0. The molecule has 4 heteroatoms. The lowest BCUT2D eigenvalue weighted by Gasteiger charge is -2.33. The highest BCUT2D eigenvalue weighted by atomic mass is 32.1. The van der Waals surface area contributed by atoms with Gasteiger partial charge in [-0.25, -0.2) is 4.99 Å². The van der Waals surface area contributed by atoms with Gasteiger partial charge in [0.05, 0.1) is 16.7 Å². The highest BCUT2D eigenvalue weighted by Crippen LogP contribution is 2.53. The Labute approximate surface area is 287 Å². The molecule has 0 radical (unpaired) electrons. The van der Waals surface area contributed by atoms with Crippen molar-refractivity contribution in [2.24, 2.45) is 4.99 Å². The zero-order chi connectivity index (χ0) is 32.4. The second-order valence-corrected chi connectivity index (χ2v) is 15.1. The van der Waals surface area contributed by atoms with E-state index < -0.39 is 0 Å². The molecule has 49 heavy (non-hydrogen) atoms. The molecule has 3 heterocycles. The van der Waals surface area contributed by atoms with Gasteiger partial charge in [-0.1, -0.05) is 123 Å². The Hall–Kier alpha value is -5.71. The number of fused-ring (bicyclic) bond motifs is 11. The van der Waals surface area contributed by atoms with Crippen molar-refractivity contribution in [3.8, 4) is 0 Å². The van der Waals surface area contributed by atoms with Gasteiger partial charge in [0.1, 0.15) is 6.04 Å². The van der Waals surface area contributed by atoms with Crippen molar-refractivity contribution in [2.75, 3.05) is 0 Å². The molecule has 11 rings (SSSR count). The third-order valence-electron chi connectivity index (χ3n) is 11.0. The largest absolute Gasteiger partial charge is 0.325 e. The Morgan fingerprint density at radius 1 is 0.612 bits per heavy atom. The van der Waals surface area contributed by atoms with Gasteiger partial charge in [-0.2, -0.15) is 0 Å². The normalized spacial score (nSPS) is 16.9. The molecule has 0 spiro atoms. The van der Waals surface area contributed by atoms with Gasteiger partial charge in [-0.15, -0.1) is 11.3 Å². The summed E-state index contributed by atoms with van der Waals surface area (Å²) in [5, 5.41) is 14.1. The van der Waals surface area contributed by atoms with Gasteiger partial charge in [0.15, 0.2) is 0 Å². The summed E-state index contributed by atoms with van der Waals surface area (Å²) < 4.78 is 5.01. The van der Waals surface area contributed by atoms with Crippen molar-refractivity contribution in [1.29, 1.82) is 0 Å². The predicted molar refractivity (Wildman–Crippen MR) is 209 cm³/mol. The first-order valence-corrected chi connectivity index (χ1v) is 17.8. The van der Waals surface area contributed by atoms with Crippen molar-refractivity contribution >= 4 is 86.5 Å². The van der Waals surface area contributed by atoms with E-state index in [4.69, 9.17) is 4.99 Å². The van der Waals surface area contributed by atoms with Crippen LogP contribution in [0.2, 0.25) is 0 Å². The van der Waals surface area contributed by atoms with Crippen LogP contribution in [0, 0.1) is 0 Å². The number of aliphatic imine (C=N–C) groups is 1. The molecule has 0 saturated carbocycles. The van der Waals surface area contributed by atoms with Crippen LogP contribution in [0.3, 0.4) is 0 Å². The predicted octanol–water partition coefficient (Wildman–Crippen LogP) is 11.7. The van der Waals surface area contributed by atoms with Gasteiger partial charge in [0, 0.05) is 41.9 Å². The zero-order valence-electron chi connectivity index (χ0n) is 27.2. The monoisotopic (exact) mass is 645 g/mol. The first-order chi connectivity index (χ1) is 24.0. The summed E-state index contributed by atoms with van der Waals surface area (Å²) in [5.74, 6) is 0.859. The van der Waals surface area contributed by atoms with Crippen LogP contribution in [-0.4, -0.2) is 10.5 Å². The quantitative estimate of drug-likeness (QED) is 0.189. The van der Waals surface area contributed by atoms with Crippen molar-refractivity contribution in [2.45, 2.75) is 25.3 Å². The SMILES string of the molecule is CC1(C)C2=C(NC(n3c4cc5ccccc5cc4c4c5ccccc5ccc43)=NC2c2ccc3c(c2)sc2ccccc23)c2ccccc21. The Morgan fingerprint density at radius 2 is 1.33 bits per heavy atom. The molecule has 1 atom stereocenters. The van der Waals surface area contributed by atoms with E-state index in [1.54, 1.807) is 0 Å². The number of nitrogens with zero attached hydrogens (tertiary/aromatic N) is 2. The van der Waals surface area contributed by atoms with Gasteiger partial charge in [-0.3, -0.25) is 4.57 Å². The van der Waals surface area contributed by atoms with Crippen LogP contribution in [0.1, 0.15) is 36.6 Å². The summed E-state index contributed by atoms with van der Waals surface area (Å²) in [6.07, 6.45) is 0. The second-order valence-electron chi connectivity index (χ2n) is 14.0.